The normalized spacial score (nSPS) is 10.6. The average molecular weight is 291 g/mol. The number of ether oxygens (including phenoxy) is 1. The number of likely N-dealkylation sites (N-methyl/N-ethyl adjacent to an activating group) is 1. The van der Waals surface area contributed by atoms with E-state index in [0.29, 0.717) is 18.8 Å². The van der Waals surface area contributed by atoms with E-state index < -0.39 is 0 Å². The van der Waals surface area contributed by atoms with Gasteiger partial charge in [0.15, 0.2) is 5.76 Å². The Kier molecular flexibility index (Phi) is 4.89. The number of methoxy groups -OCH3 is 1. The number of ketones is 1. The van der Waals surface area contributed by atoms with Crippen molar-refractivity contribution in [1.29, 1.82) is 0 Å². The number of carbonyl (C=O) groups is 1. The van der Waals surface area contributed by atoms with Gasteiger partial charge in [0.1, 0.15) is 6.54 Å². The van der Waals surface area contributed by atoms with Gasteiger partial charge in [-0.05, 0) is 12.1 Å². The summed E-state index contributed by atoms with van der Waals surface area (Å²) in [6, 6.07) is 4.62. The molecule has 2 aromatic rings. The largest absolute Gasteiger partial charge is 0.461 e. The number of hydrogen-bond donors (Lipinski definition) is 0. The first-order valence-corrected chi connectivity index (χ1v) is 6.46. The van der Waals surface area contributed by atoms with Crippen molar-refractivity contribution < 1.29 is 13.9 Å². The maximum absolute atomic E-state index is 12.0. The summed E-state index contributed by atoms with van der Waals surface area (Å²) in [5.41, 5.74) is 0.343. The van der Waals surface area contributed by atoms with E-state index in [1.807, 2.05) is 11.9 Å². The summed E-state index contributed by atoms with van der Waals surface area (Å²) in [6.45, 7) is 1.05. The number of Topliss-reactive ketones (excluding diaryl/α,β-unsaturated/α-hetero) is 1. The van der Waals surface area contributed by atoms with Crippen LogP contribution in [0.3, 0.4) is 0 Å². The van der Waals surface area contributed by atoms with Gasteiger partial charge in [-0.1, -0.05) is 0 Å². The fourth-order valence-electron chi connectivity index (χ4n) is 1.76. The molecule has 0 atom stereocenters. The molecule has 0 bridgehead atoms. The SMILES string of the molecule is COCCN(C)c1cnn(CC(=O)c2ccco2)c(=O)c1. The van der Waals surface area contributed by atoms with Gasteiger partial charge in [0.05, 0.1) is 24.8 Å². The van der Waals surface area contributed by atoms with Crippen LogP contribution in [0.15, 0.2) is 39.9 Å². The highest BCUT2D eigenvalue weighted by Crippen LogP contribution is 2.07. The molecule has 2 aromatic heterocycles. The second-order valence-corrected chi connectivity index (χ2v) is 4.52. The second-order valence-electron chi connectivity index (χ2n) is 4.52. The van der Waals surface area contributed by atoms with Gasteiger partial charge in [-0.25, -0.2) is 4.68 Å². The standard InChI is InChI=1S/C14H17N3O4/c1-16(5-7-20-2)11-8-14(19)17(15-9-11)10-12(18)13-4-3-6-21-13/h3-4,6,8-9H,5,7,10H2,1-2H3. The second kappa shape index (κ2) is 6.85. The summed E-state index contributed by atoms with van der Waals surface area (Å²) < 4.78 is 11.1. The van der Waals surface area contributed by atoms with Crippen molar-refractivity contribution >= 4 is 11.5 Å². The Hall–Kier alpha value is -2.41. The smallest absolute Gasteiger partial charge is 0.269 e. The molecule has 0 fully saturated rings. The fourth-order valence-corrected chi connectivity index (χ4v) is 1.76. The van der Waals surface area contributed by atoms with Gasteiger partial charge in [-0.2, -0.15) is 5.10 Å². The maximum Gasteiger partial charge on any atom is 0.269 e. The van der Waals surface area contributed by atoms with Gasteiger partial charge in [0.25, 0.3) is 5.56 Å². The summed E-state index contributed by atoms with van der Waals surface area (Å²) in [4.78, 5) is 25.7. The predicted octanol–water partition coefficient (Wildman–Crippen LogP) is 0.802. The molecule has 7 heteroatoms. The zero-order chi connectivity index (χ0) is 15.2. The van der Waals surface area contributed by atoms with Gasteiger partial charge in [0.2, 0.25) is 5.78 Å². The summed E-state index contributed by atoms with van der Waals surface area (Å²) in [7, 11) is 3.46. The van der Waals surface area contributed by atoms with E-state index in [1.54, 1.807) is 25.4 Å². The van der Waals surface area contributed by atoms with Gasteiger partial charge < -0.3 is 14.1 Å². The zero-order valence-electron chi connectivity index (χ0n) is 12.0. The molecule has 0 aliphatic heterocycles. The van der Waals surface area contributed by atoms with Crippen LogP contribution in [0.1, 0.15) is 10.6 Å². The lowest BCUT2D eigenvalue weighted by Gasteiger charge is -2.18. The summed E-state index contributed by atoms with van der Waals surface area (Å²) in [6.07, 6.45) is 2.96. The highest BCUT2D eigenvalue weighted by Gasteiger charge is 2.12. The molecule has 0 aromatic carbocycles. The molecule has 2 rings (SSSR count). The molecule has 0 N–H and O–H groups in total. The molecule has 2 heterocycles. The predicted molar refractivity (Wildman–Crippen MR) is 76.7 cm³/mol. The summed E-state index contributed by atoms with van der Waals surface area (Å²) >= 11 is 0. The van der Waals surface area contributed by atoms with Crippen molar-refractivity contribution in [2.45, 2.75) is 6.54 Å². The Labute approximate surface area is 121 Å². The Bertz CT molecular complexity index is 648. The van der Waals surface area contributed by atoms with Crippen LogP contribution in [0.2, 0.25) is 0 Å². The number of carbonyl (C=O) groups excluding carboxylic acids is 1. The van der Waals surface area contributed by atoms with Crippen LogP contribution in [0.25, 0.3) is 0 Å². The van der Waals surface area contributed by atoms with E-state index in [1.165, 1.54) is 12.3 Å². The highest BCUT2D eigenvalue weighted by molar-refractivity contribution is 5.93. The van der Waals surface area contributed by atoms with E-state index in [0.717, 1.165) is 4.68 Å². The fraction of sp³-hybridized carbons (Fsp3) is 0.357. The Balaban J connectivity index is 2.09. The molecule has 0 saturated heterocycles. The van der Waals surface area contributed by atoms with Crippen LogP contribution in [0, 0.1) is 0 Å². The molecule has 112 valence electrons. The Morgan fingerprint density at radius 1 is 1.52 bits per heavy atom. The van der Waals surface area contributed by atoms with Crippen molar-refractivity contribution in [1.82, 2.24) is 9.78 Å². The van der Waals surface area contributed by atoms with Crippen LogP contribution >= 0.6 is 0 Å². The van der Waals surface area contributed by atoms with Crippen molar-refractivity contribution in [2.75, 3.05) is 32.2 Å². The van der Waals surface area contributed by atoms with Gasteiger partial charge in [-0.3, -0.25) is 9.59 Å². The third kappa shape index (κ3) is 3.79. The van der Waals surface area contributed by atoms with E-state index in [9.17, 15) is 9.59 Å². The minimum atomic E-state index is -0.336. The number of nitrogens with zero attached hydrogens (tertiary/aromatic N) is 3. The van der Waals surface area contributed by atoms with Crippen molar-refractivity contribution in [3.63, 3.8) is 0 Å². The van der Waals surface area contributed by atoms with Crippen LogP contribution < -0.4 is 10.5 Å². The molecule has 0 amide bonds. The van der Waals surface area contributed by atoms with E-state index in [-0.39, 0.29) is 23.6 Å². The lowest BCUT2D eigenvalue weighted by atomic mass is 10.3. The first kappa shape index (κ1) is 15.0. The van der Waals surface area contributed by atoms with E-state index >= 15 is 0 Å². The molecular formula is C14H17N3O4. The van der Waals surface area contributed by atoms with Crippen LogP contribution in [0.4, 0.5) is 5.69 Å². The molecule has 7 nitrogen and oxygen atoms in total. The number of hydrogen-bond acceptors (Lipinski definition) is 6. The van der Waals surface area contributed by atoms with Gasteiger partial charge in [-0.15, -0.1) is 0 Å². The number of anilines is 1. The van der Waals surface area contributed by atoms with Gasteiger partial charge in [0, 0.05) is 26.8 Å². The Morgan fingerprint density at radius 2 is 2.33 bits per heavy atom. The summed E-state index contributed by atoms with van der Waals surface area (Å²) in [5, 5.41) is 4.02. The molecule has 0 radical (unpaired) electrons. The first-order chi connectivity index (χ1) is 10.1. The number of rotatable bonds is 7. The first-order valence-electron chi connectivity index (χ1n) is 6.46. The molecular weight excluding hydrogens is 274 g/mol. The minimum absolute atomic E-state index is 0.144. The topological polar surface area (TPSA) is 77.6 Å². The van der Waals surface area contributed by atoms with E-state index in [4.69, 9.17) is 9.15 Å². The Morgan fingerprint density at radius 3 is 2.95 bits per heavy atom. The van der Waals surface area contributed by atoms with Crippen molar-refractivity contribution in [3.05, 3.63) is 46.8 Å². The van der Waals surface area contributed by atoms with Crippen LogP contribution in [0.5, 0.6) is 0 Å². The molecule has 0 aliphatic rings. The lowest BCUT2D eigenvalue weighted by Crippen LogP contribution is -2.29. The third-order valence-electron chi connectivity index (χ3n) is 3.02. The lowest BCUT2D eigenvalue weighted by molar-refractivity contribution is 0.0938. The molecule has 0 unspecified atom stereocenters. The number of aromatic nitrogens is 2. The molecule has 21 heavy (non-hydrogen) atoms. The minimum Gasteiger partial charge on any atom is -0.461 e. The number of furan rings is 1. The van der Waals surface area contributed by atoms with E-state index in [2.05, 4.69) is 5.10 Å². The maximum atomic E-state index is 12.0. The molecule has 0 spiro atoms. The molecule has 0 saturated carbocycles. The quantitative estimate of drug-likeness (QED) is 0.702. The summed E-state index contributed by atoms with van der Waals surface area (Å²) in [5.74, 6) is -0.0833. The monoisotopic (exact) mass is 291 g/mol. The van der Waals surface area contributed by atoms with Crippen LogP contribution in [-0.2, 0) is 11.3 Å². The van der Waals surface area contributed by atoms with Crippen molar-refractivity contribution in [2.24, 2.45) is 0 Å². The van der Waals surface area contributed by atoms with Gasteiger partial charge >= 0.3 is 0 Å². The van der Waals surface area contributed by atoms with Crippen molar-refractivity contribution in [3.8, 4) is 0 Å². The average Bonchev–Trinajstić information content (AvgIpc) is 3.01. The molecule has 0 aliphatic carbocycles. The highest BCUT2D eigenvalue weighted by atomic mass is 16.5. The third-order valence-corrected chi connectivity index (χ3v) is 3.02. The zero-order valence-corrected chi connectivity index (χ0v) is 12.0. The van der Waals surface area contributed by atoms with Crippen LogP contribution in [-0.4, -0.2) is 42.9 Å².